The van der Waals surface area contributed by atoms with E-state index in [1.165, 1.54) is 11.1 Å². The number of rotatable bonds is 5. The third-order valence-electron chi connectivity index (χ3n) is 2.51. The van der Waals surface area contributed by atoms with Crippen LogP contribution in [0, 0.1) is 13.8 Å². The van der Waals surface area contributed by atoms with Crippen LogP contribution in [0.15, 0.2) is 41.8 Å². The third kappa shape index (κ3) is 3.47. The number of aryl methyl sites for hydroxylation is 2. The summed E-state index contributed by atoms with van der Waals surface area (Å²) in [6.07, 6.45) is 3.50. The molecular formula is C14H16N2OS. The van der Waals surface area contributed by atoms with Gasteiger partial charge in [0.05, 0.1) is 6.61 Å². The number of thioether (sulfide) groups is 1. The zero-order chi connectivity index (χ0) is 12.8. The highest BCUT2D eigenvalue weighted by atomic mass is 32.2. The van der Waals surface area contributed by atoms with E-state index in [2.05, 4.69) is 35.9 Å². The second-order valence-electron chi connectivity index (χ2n) is 3.95. The predicted octanol–water partition coefficient (Wildman–Crippen LogP) is 3.26. The van der Waals surface area contributed by atoms with Gasteiger partial charge in [-0.3, -0.25) is 0 Å². The highest BCUT2D eigenvalue weighted by Gasteiger charge is 2.03. The number of aromatic nitrogens is 2. The summed E-state index contributed by atoms with van der Waals surface area (Å²) in [7, 11) is 0. The zero-order valence-electron chi connectivity index (χ0n) is 10.6. The minimum Gasteiger partial charge on any atom is -0.492 e. The summed E-state index contributed by atoms with van der Waals surface area (Å²) in [6, 6.07) is 7.99. The van der Waals surface area contributed by atoms with E-state index >= 15 is 0 Å². The lowest BCUT2D eigenvalue weighted by Crippen LogP contribution is -2.03. The van der Waals surface area contributed by atoms with Crippen molar-refractivity contribution in [3.8, 4) is 5.75 Å². The molecule has 0 unspecified atom stereocenters. The van der Waals surface area contributed by atoms with Crippen LogP contribution in [-0.4, -0.2) is 22.3 Å². The van der Waals surface area contributed by atoms with Crippen LogP contribution in [0.2, 0.25) is 0 Å². The van der Waals surface area contributed by atoms with Crippen molar-refractivity contribution in [2.24, 2.45) is 0 Å². The highest BCUT2D eigenvalue weighted by molar-refractivity contribution is 7.99. The van der Waals surface area contributed by atoms with Gasteiger partial charge < -0.3 is 4.74 Å². The van der Waals surface area contributed by atoms with Gasteiger partial charge in [0.1, 0.15) is 5.75 Å². The Kier molecular flexibility index (Phi) is 4.59. The second kappa shape index (κ2) is 6.40. The van der Waals surface area contributed by atoms with Crippen LogP contribution in [0.1, 0.15) is 11.1 Å². The lowest BCUT2D eigenvalue weighted by atomic mass is 10.1. The Morgan fingerprint density at radius 2 is 1.72 bits per heavy atom. The maximum Gasteiger partial charge on any atom is 0.187 e. The molecule has 2 rings (SSSR count). The molecule has 0 amide bonds. The van der Waals surface area contributed by atoms with Crippen LogP contribution in [0.5, 0.6) is 5.75 Å². The van der Waals surface area contributed by atoms with Gasteiger partial charge in [0.15, 0.2) is 5.16 Å². The Balaban J connectivity index is 1.82. The minimum atomic E-state index is 0.661. The fraction of sp³-hybridized carbons (Fsp3) is 0.286. The first-order chi connectivity index (χ1) is 8.77. The molecule has 0 fully saturated rings. The standard InChI is InChI=1S/C14H16N2OS/c1-11-5-3-6-12(2)13(11)17-9-10-18-14-15-7-4-8-16-14/h3-8H,9-10H2,1-2H3. The molecule has 0 aliphatic heterocycles. The maximum atomic E-state index is 5.81. The highest BCUT2D eigenvalue weighted by Crippen LogP contribution is 2.22. The van der Waals surface area contributed by atoms with Crippen LogP contribution < -0.4 is 4.74 Å². The molecule has 1 aromatic carbocycles. The monoisotopic (exact) mass is 260 g/mol. The Labute approximate surface area is 112 Å². The van der Waals surface area contributed by atoms with Crippen LogP contribution in [-0.2, 0) is 0 Å². The summed E-state index contributed by atoms with van der Waals surface area (Å²) >= 11 is 1.60. The largest absolute Gasteiger partial charge is 0.492 e. The molecule has 3 nitrogen and oxygen atoms in total. The topological polar surface area (TPSA) is 35.0 Å². The maximum absolute atomic E-state index is 5.81. The van der Waals surface area contributed by atoms with Crippen molar-refractivity contribution in [1.29, 1.82) is 0 Å². The number of hydrogen-bond donors (Lipinski definition) is 0. The fourth-order valence-corrected chi connectivity index (χ4v) is 2.28. The molecule has 2 aromatic rings. The lowest BCUT2D eigenvalue weighted by Gasteiger charge is -2.11. The summed E-state index contributed by atoms with van der Waals surface area (Å²) < 4.78 is 5.81. The van der Waals surface area contributed by atoms with Crippen LogP contribution >= 0.6 is 11.8 Å². The first-order valence-electron chi connectivity index (χ1n) is 5.86. The van der Waals surface area contributed by atoms with Crippen molar-refractivity contribution in [2.75, 3.05) is 12.4 Å². The summed E-state index contributed by atoms with van der Waals surface area (Å²) in [5.41, 5.74) is 2.35. The van der Waals surface area contributed by atoms with E-state index < -0.39 is 0 Å². The molecule has 1 aromatic heterocycles. The van der Waals surface area contributed by atoms with Crippen LogP contribution in [0.3, 0.4) is 0 Å². The first kappa shape index (κ1) is 12.9. The summed E-state index contributed by atoms with van der Waals surface area (Å²) in [5.74, 6) is 1.84. The van der Waals surface area contributed by atoms with E-state index in [-0.39, 0.29) is 0 Å². The molecule has 94 valence electrons. The molecule has 0 atom stereocenters. The average Bonchev–Trinajstić information content (AvgIpc) is 2.38. The van der Waals surface area contributed by atoms with Gasteiger partial charge in [0.25, 0.3) is 0 Å². The van der Waals surface area contributed by atoms with Crippen molar-refractivity contribution in [2.45, 2.75) is 19.0 Å². The normalized spacial score (nSPS) is 10.3. The molecule has 0 aliphatic rings. The molecule has 0 radical (unpaired) electrons. The number of para-hydroxylation sites is 1. The van der Waals surface area contributed by atoms with Gasteiger partial charge in [-0.25, -0.2) is 9.97 Å². The van der Waals surface area contributed by atoms with E-state index in [1.807, 2.05) is 12.1 Å². The molecular weight excluding hydrogens is 244 g/mol. The quantitative estimate of drug-likeness (QED) is 0.469. The summed E-state index contributed by atoms with van der Waals surface area (Å²) in [6.45, 7) is 4.79. The second-order valence-corrected chi connectivity index (χ2v) is 5.01. The van der Waals surface area contributed by atoms with Crippen molar-refractivity contribution in [3.05, 3.63) is 47.8 Å². The van der Waals surface area contributed by atoms with E-state index in [9.17, 15) is 0 Å². The van der Waals surface area contributed by atoms with Gasteiger partial charge in [-0.05, 0) is 31.0 Å². The lowest BCUT2D eigenvalue weighted by molar-refractivity contribution is 0.339. The minimum absolute atomic E-state index is 0.661. The summed E-state index contributed by atoms with van der Waals surface area (Å²) in [4.78, 5) is 8.31. The molecule has 0 bridgehead atoms. The first-order valence-corrected chi connectivity index (χ1v) is 6.85. The van der Waals surface area contributed by atoms with Crippen molar-refractivity contribution in [1.82, 2.24) is 9.97 Å². The van der Waals surface area contributed by atoms with Crippen molar-refractivity contribution >= 4 is 11.8 Å². The fourth-order valence-electron chi connectivity index (χ4n) is 1.66. The van der Waals surface area contributed by atoms with Gasteiger partial charge in [0, 0.05) is 18.1 Å². The Morgan fingerprint density at radius 1 is 1.06 bits per heavy atom. The Morgan fingerprint density at radius 3 is 2.39 bits per heavy atom. The molecule has 0 N–H and O–H groups in total. The zero-order valence-corrected chi connectivity index (χ0v) is 11.4. The number of benzene rings is 1. The summed E-state index contributed by atoms with van der Waals surface area (Å²) in [5, 5.41) is 0.794. The van der Waals surface area contributed by atoms with Gasteiger partial charge >= 0.3 is 0 Å². The predicted molar refractivity (Wildman–Crippen MR) is 74.2 cm³/mol. The molecule has 0 spiro atoms. The van der Waals surface area contributed by atoms with Crippen LogP contribution in [0.4, 0.5) is 0 Å². The molecule has 0 saturated heterocycles. The average molecular weight is 260 g/mol. The van der Waals surface area contributed by atoms with E-state index in [1.54, 1.807) is 24.2 Å². The SMILES string of the molecule is Cc1cccc(C)c1OCCSc1ncccn1. The van der Waals surface area contributed by atoms with Gasteiger partial charge in [0.2, 0.25) is 0 Å². The Bertz CT molecular complexity index is 482. The van der Waals surface area contributed by atoms with Crippen molar-refractivity contribution < 1.29 is 4.74 Å². The number of hydrogen-bond acceptors (Lipinski definition) is 4. The molecule has 0 saturated carbocycles. The van der Waals surface area contributed by atoms with Crippen LogP contribution in [0.25, 0.3) is 0 Å². The van der Waals surface area contributed by atoms with Crippen molar-refractivity contribution in [3.63, 3.8) is 0 Å². The third-order valence-corrected chi connectivity index (χ3v) is 3.35. The van der Waals surface area contributed by atoms with Gasteiger partial charge in [-0.1, -0.05) is 30.0 Å². The Hall–Kier alpha value is -1.55. The number of ether oxygens (including phenoxy) is 1. The van der Waals surface area contributed by atoms with Gasteiger partial charge in [-0.15, -0.1) is 0 Å². The molecule has 0 aliphatic carbocycles. The van der Waals surface area contributed by atoms with E-state index in [4.69, 9.17) is 4.74 Å². The smallest absolute Gasteiger partial charge is 0.187 e. The molecule has 1 heterocycles. The van der Waals surface area contributed by atoms with Gasteiger partial charge in [-0.2, -0.15) is 0 Å². The molecule has 4 heteroatoms. The van der Waals surface area contributed by atoms with E-state index in [0.29, 0.717) is 6.61 Å². The number of nitrogens with zero attached hydrogens (tertiary/aromatic N) is 2. The molecule has 18 heavy (non-hydrogen) atoms. The van der Waals surface area contributed by atoms with E-state index in [0.717, 1.165) is 16.7 Å².